The van der Waals surface area contributed by atoms with Gasteiger partial charge in [-0.15, -0.1) is 6.42 Å². The molecule has 0 saturated heterocycles. The van der Waals surface area contributed by atoms with Gasteiger partial charge in [-0.05, 0) is 6.42 Å². The van der Waals surface area contributed by atoms with E-state index in [2.05, 4.69) is 0 Å². The third-order valence-electron chi connectivity index (χ3n) is 0.999. The van der Waals surface area contributed by atoms with Crippen LogP contribution in [0.15, 0.2) is 0 Å². The first-order chi connectivity index (χ1) is 2.89. The number of carbonyl (C=O) groups excluding carboxylic acids is 1. The van der Waals surface area contributed by atoms with Crippen LogP contribution < -0.4 is 0 Å². The van der Waals surface area contributed by atoms with Crippen LogP contribution in [0.1, 0.15) is 20.7 Å². The standard InChI is InChI=1S/C5H7O.Sr.H/c6-5-3-1-2-4-5;;/h1H,2-4H2;;/q-1;+2;-1. The molecule has 0 bridgehead atoms. The summed E-state index contributed by atoms with van der Waals surface area (Å²) in [7, 11) is 0. The second-order valence-electron chi connectivity index (χ2n) is 1.57. The summed E-state index contributed by atoms with van der Waals surface area (Å²) in [6, 6.07) is 0. The molecule has 0 spiro atoms. The quantitative estimate of drug-likeness (QED) is 0.387. The molecule has 2 heteroatoms. The van der Waals surface area contributed by atoms with E-state index in [1.165, 1.54) is 0 Å². The Morgan fingerprint density at radius 1 is 1.71 bits per heavy atom. The molecule has 0 unspecified atom stereocenters. The van der Waals surface area contributed by atoms with Crippen molar-refractivity contribution in [2.24, 2.45) is 0 Å². The maximum absolute atomic E-state index is 10.2. The van der Waals surface area contributed by atoms with Crippen molar-refractivity contribution >= 4 is 51.3 Å². The fraction of sp³-hybridized carbons (Fsp3) is 0.600. The van der Waals surface area contributed by atoms with E-state index in [9.17, 15) is 4.79 Å². The molecule has 0 amide bonds. The summed E-state index contributed by atoms with van der Waals surface area (Å²) in [4.78, 5) is 10.2. The molecule has 0 N–H and O–H groups in total. The van der Waals surface area contributed by atoms with Crippen LogP contribution in [0, 0.1) is 6.42 Å². The Balaban J connectivity index is 0. The second-order valence-corrected chi connectivity index (χ2v) is 1.57. The Kier molecular flexibility index (Phi) is 4.74. The van der Waals surface area contributed by atoms with Crippen LogP contribution in [0.5, 0.6) is 0 Å². The van der Waals surface area contributed by atoms with E-state index in [1.54, 1.807) is 0 Å². The first-order valence-corrected chi connectivity index (χ1v) is 2.23. The normalized spacial score (nSPS) is 19.1. The minimum atomic E-state index is 0. The third-order valence-corrected chi connectivity index (χ3v) is 0.999. The minimum Gasteiger partial charge on any atom is -1.00 e. The number of Topliss-reactive ketones (excluding diaryl/α,β-unsaturated/α-hetero) is 1. The molecule has 7 heavy (non-hydrogen) atoms. The van der Waals surface area contributed by atoms with Crippen LogP contribution in [0.4, 0.5) is 0 Å². The molecular formula is C5H8OSr. The summed E-state index contributed by atoms with van der Waals surface area (Å²) in [5.41, 5.74) is 0. The Morgan fingerprint density at radius 2 is 2.43 bits per heavy atom. The van der Waals surface area contributed by atoms with Crippen LogP contribution >= 0.6 is 0 Å². The van der Waals surface area contributed by atoms with E-state index < -0.39 is 0 Å². The molecule has 0 atom stereocenters. The molecule has 0 aromatic rings. The van der Waals surface area contributed by atoms with E-state index in [1.807, 2.05) is 6.42 Å². The van der Waals surface area contributed by atoms with Crippen molar-refractivity contribution < 1.29 is 6.22 Å². The van der Waals surface area contributed by atoms with Crippen molar-refractivity contribution in [1.29, 1.82) is 0 Å². The van der Waals surface area contributed by atoms with Crippen molar-refractivity contribution in [1.82, 2.24) is 0 Å². The molecule has 1 aliphatic rings. The first kappa shape index (κ1) is 8.15. The van der Waals surface area contributed by atoms with Gasteiger partial charge in [-0.3, -0.25) is 0 Å². The van der Waals surface area contributed by atoms with Gasteiger partial charge in [-0.1, -0.05) is 0 Å². The zero-order valence-electron chi connectivity index (χ0n) is 5.31. The number of carbonyl (C=O) groups is 1. The monoisotopic (exact) mass is 172 g/mol. The average molecular weight is 172 g/mol. The number of hydrogen-bond acceptors (Lipinski definition) is 1. The van der Waals surface area contributed by atoms with Gasteiger partial charge in [0.05, 0.1) is 0 Å². The smallest absolute Gasteiger partial charge is 1.00 e. The molecule has 0 heterocycles. The van der Waals surface area contributed by atoms with Crippen LogP contribution in [0.25, 0.3) is 0 Å². The Bertz CT molecular complexity index is 66.8. The largest absolute Gasteiger partial charge is 2.00 e. The second kappa shape index (κ2) is 4.07. The molecule has 1 saturated carbocycles. The zero-order valence-corrected chi connectivity index (χ0v) is 7.79. The Labute approximate surface area is 82.2 Å². The third kappa shape index (κ3) is 2.86. The summed E-state index contributed by atoms with van der Waals surface area (Å²) in [5, 5.41) is 0. The molecule has 1 aliphatic carbocycles. The van der Waals surface area contributed by atoms with Gasteiger partial charge in [0.1, 0.15) is 5.78 Å². The summed E-state index contributed by atoms with van der Waals surface area (Å²) in [5.74, 6) is 0.398. The topological polar surface area (TPSA) is 17.1 Å². The molecule has 1 fully saturated rings. The SMILES string of the molecule is O=C1C[CH-]CC1.[H-].[Sr+2]. The zero-order chi connectivity index (χ0) is 4.41. The van der Waals surface area contributed by atoms with Crippen molar-refractivity contribution in [3.05, 3.63) is 6.42 Å². The predicted octanol–water partition coefficient (Wildman–Crippen LogP) is 0.675. The molecule has 0 aromatic carbocycles. The molecule has 1 rings (SSSR count). The van der Waals surface area contributed by atoms with E-state index in [0.29, 0.717) is 5.78 Å². The van der Waals surface area contributed by atoms with Crippen LogP contribution in [-0.2, 0) is 4.79 Å². The number of ketones is 1. The van der Waals surface area contributed by atoms with Gasteiger partial charge < -0.3 is 12.6 Å². The van der Waals surface area contributed by atoms with Crippen molar-refractivity contribution in [3.8, 4) is 0 Å². The summed E-state index contributed by atoms with van der Waals surface area (Å²) in [6.45, 7) is 0. The number of hydrogen-bond donors (Lipinski definition) is 0. The Hall–Kier alpha value is 1.15. The van der Waals surface area contributed by atoms with Gasteiger partial charge in [-0.25, -0.2) is 0 Å². The summed E-state index contributed by atoms with van der Waals surface area (Å²) >= 11 is 0. The fourth-order valence-electron chi connectivity index (χ4n) is 0.628. The molecule has 0 aromatic heterocycles. The Morgan fingerprint density at radius 3 is 2.57 bits per heavy atom. The van der Waals surface area contributed by atoms with Gasteiger partial charge in [0.2, 0.25) is 0 Å². The van der Waals surface area contributed by atoms with Crippen molar-refractivity contribution in [3.63, 3.8) is 0 Å². The van der Waals surface area contributed by atoms with Crippen molar-refractivity contribution in [2.75, 3.05) is 0 Å². The predicted molar refractivity (Wildman–Crippen MR) is 30.0 cm³/mol. The van der Waals surface area contributed by atoms with E-state index >= 15 is 0 Å². The van der Waals surface area contributed by atoms with E-state index in [0.717, 1.165) is 19.3 Å². The van der Waals surface area contributed by atoms with Gasteiger partial charge in [0.25, 0.3) is 0 Å². The number of rotatable bonds is 0. The molecular weight excluding hydrogens is 164 g/mol. The van der Waals surface area contributed by atoms with Crippen molar-refractivity contribution in [2.45, 2.75) is 19.3 Å². The maximum atomic E-state index is 10.2. The summed E-state index contributed by atoms with van der Waals surface area (Å²) in [6.07, 6.45) is 4.56. The molecule has 1 nitrogen and oxygen atoms in total. The van der Waals surface area contributed by atoms with E-state index in [-0.39, 0.29) is 46.9 Å². The maximum Gasteiger partial charge on any atom is 2.00 e. The minimum absolute atomic E-state index is 0. The first-order valence-electron chi connectivity index (χ1n) is 2.23. The fourth-order valence-corrected chi connectivity index (χ4v) is 0.628. The van der Waals surface area contributed by atoms with Gasteiger partial charge in [0.15, 0.2) is 0 Å². The van der Waals surface area contributed by atoms with Crippen LogP contribution in [-0.4, -0.2) is 51.3 Å². The average Bonchev–Trinajstić information content (AvgIpc) is 1.86. The van der Waals surface area contributed by atoms with Crippen LogP contribution in [0.2, 0.25) is 0 Å². The van der Waals surface area contributed by atoms with Crippen LogP contribution in [0.3, 0.4) is 0 Å². The molecule has 36 valence electrons. The van der Waals surface area contributed by atoms with E-state index in [4.69, 9.17) is 0 Å². The molecule has 0 radical (unpaired) electrons. The van der Waals surface area contributed by atoms with Gasteiger partial charge >= 0.3 is 45.5 Å². The molecule has 0 aliphatic heterocycles. The van der Waals surface area contributed by atoms with Gasteiger partial charge in [-0.2, -0.15) is 6.42 Å². The van der Waals surface area contributed by atoms with Gasteiger partial charge in [0, 0.05) is 0 Å². The summed E-state index contributed by atoms with van der Waals surface area (Å²) < 4.78 is 0.